The summed E-state index contributed by atoms with van der Waals surface area (Å²) in [5, 5.41) is 51.4. The van der Waals surface area contributed by atoms with E-state index in [4.69, 9.17) is 15.2 Å². The molecule has 3 aliphatic carbocycles. The summed E-state index contributed by atoms with van der Waals surface area (Å²) in [6, 6.07) is 0.373. The maximum absolute atomic E-state index is 14.1. The quantitative estimate of drug-likeness (QED) is 0.0904. The van der Waals surface area contributed by atoms with E-state index < -0.39 is 76.0 Å². The molecule has 0 saturated heterocycles. The standard InChI is InChI=1S/C31H43N5O10.2ClH/c1-7-45-20(46-8-2)13-33-12-19(37)34-17-11-18(35(3)4)15-9-14-10-16-24(36(5)6)27(40)23(30(32)43)29(42)31(16,44)28(41)21(14)26(39)22(15)25(17)38;;/h11,14,16,20,24,33,38-39,42,44H,7-10,12-13H2,1-6H3,(H2,32,43)(H,34,37);2*1H/t14?,16?,24-,31?;;/m0../s1. The number of aromatic hydroxyl groups is 1. The Morgan fingerprint density at radius 2 is 1.69 bits per heavy atom. The summed E-state index contributed by atoms with van der Waals surface area (Å²) in [5.41, 5.74) is 2.31. The second-order valence-corrected chi connectivity index (χ2v) is 12.0. The summed E-state index contributed by atoms with van der Waals surface area (Å²) < 4.78 is 10.9. The van der Waals surface area contributed by atoms with Crippen molar-refractivity contribution in [1.29, 1.82) is 0 Å². The Labute approximate surface area is 290 Å². The number of nitrogens with one attached hydrogen (secondary N) is 2. The summed E-state index contributed by atoms with van der Waals surface area (Å²) in [5.74, 6) is -7.99. The van der Waals surface area contributed by atoms with Crippen molar-refractivity contribution < 1.29 is 49.1 Å². The van der Waals surface area contributed by atoms with Crippen molar-refractivity contribution in [2.24, 2.45) is 17.6 Å². The number of hydrogen-bond donors (Lipinski definition) is 7. The molecule has 1 fully saturated rings. The highest BCUT2D eigenvalue weighted by Gasteiger charge is 2.64. The number of fused-ring (bicyclic) bond motifs is 3. The van der Waals surface area contributed by atoms with E-state index in [2.05, 4.69) is 10.6 Å². The van der Waals surface area contributed by atoms with Crippen LogP contribution in [0.5, 0.6) is 5.75 Å². The Morgan fingerprint density at radius 3 is 2.21 bits per heavy atom. The molecule has 0 radical (unpaired) electrons. The average Bonchev–Trinajstić information content (AvgIpc) is 2.96. The number of carbonyl (C=O) groups is 4. The first-order valence-electron chi connectivity index (χ1n) is 15.1. The van der Waals surface area contributed by atoms with Crippen LogP contribution in [-0.2, 0) is 35.1 Å². The smallest absolute Gasteiger partial charge is 0.255 e. The van der Waals surface area contributed by atoms with Gasteiger partial charge in [0, 0.05) is 51.0 Å². The fourth-order valence-corrected chi connectivity index (χ4v) is 6.82. The molecule has 3 unspecified atom stereocenters. The number of carbonyl (C=O) groups excluding carboxylic acids is 4. The Bertz CT molecular complexity index is 1510. The van der Waals surface area contributed by atoms with E-state index in [-0.39, 0.29) is 67.6 Å². The van der Waals surface area contributed by atoms with Crippen LogP contribution in [-0.4, -0.2) is 121 Å². The summed E-state index contributed by atoms with van der Waals surface area (Å²) in [4.78, 5) is 55.6. The molecule has 0 aromatic heterocycles. The molecular formula is C31H45Cl2N5O10. The molecule has 8 N–H and O–H groups in total. The second kappa shape index (κ2) is 15.8. The lowest BCUT2D eigenvalue weighted by molar-refractivity contribution is -0.153. The van der Waals surface area contributed by atoms with Crippen molar-refractivity contribution in [3.05, 3.63) is 34.1 Å². The lowest BCUT2D eigenvalue weighted by Crippen LogP contribution is -2.65. The number of ether oxygens (including phenoxy) is 2. The van der Waals surface area contributed by atoms with Crippen LogP contribution >= 0.6 is 24.8 Å². The summed E-state index contributed by atoms with van der Waals surface area (Å²) in [7, 11) is 6.55. The van der Waals surface area contributed by atoms with Crippen LogP contribution in [0, 0.1) is 11.8 Å². The van der Waals surface area contributed by atoms with Gasteiger partial charge in [-0.2, -0.15) is 0 Å². The number of nitrogens with zero attached hydrogens (tertiary/aromatic N) is 2. The zero-order chi connectivity index (χ0) is 34.2. The van der Waals surface area contributed by atoms with E-state index in [0.717, 1.165) is 0 Å². The zero-order valence-corrected chi connectivity index (χ0v) is 29.3. The molecule has 2 amide bonds. The van der Waals surface area contributed by atoms with Crippen LogP contribution in [0.25, 0.3) is 5.76 Å². The van der Waals surface area contributed by atoms with Crippen LogP contribution in [0.2, 0.25) is 0 Å². The SMILES string of the molecule is CCOC(CNCC(=O)Nc1cc(N(C)C)c2c(c1O)C(O)=C1C(=O)C3(O)C(O)=C(C(N)=O)C(=O)[C@@H](N(C)C)C3CC1C2)OCC.Cl.Cl. The first kappa shape index (κ1) is 40.7. The summed E-state index contributed by atoms with van der Waals surface area (Å²) >= 11 is 0. The van der Waals surface area contributed by atoms with Crippen molar-refractivity contribution in [2.75, 3.05) is 64.7 Å². The van der Waals surface area contributed by atoms with Gasteiger partial charge < -0.3 is 51.2 Å². The fourth-order valence-electron chi connectivity index (χ4n) is 6.82. The van der Waals surface area contributed by atoms with Gasteiger partial charge in [0.25, 0.3) is 5.91 Å². The number of nitrogens with two attached hydrogens (primary N) is 1. The van der Waals surface area contributed by atoms with Gasteiger partial charge in [0.05, 0.1) is 23.8 Å². The number of likely N-dealkylation sites (N-methyl/N-ethyl adjacent to an activating group) is 1. The lowest BCUT2D eigenvalue weighted by atomic mass is 9.57. The second-order valence-electron chi connectivity index (χ2n) is 12.0. The minimum absolute atomic E-state index is 0. The molecule has 48 heavy (non-hydrogen) atoms. The largest absolute Gasteiger partial charge is 0.508 e. The number of rotatable bonds is 12. The van der Waals surface area contributed by atoms with Crippen molar-refractivity contribution in [1.82, 2.24) is 10.2 Å². The molecule has 0 aliphatic heterocycles. The van der Waals surface area contributed by atoms with E-state index in [1.54, 1.807) is 25.1 Å². The Hall–Kier alpha value is -3.44. The van der Waals surface area contributed by atoms with Gasteiger partial charge in [0.15, 0.2) is 17.7 Å². The number of aliphatic hydroxyl groups excluding tert-OH is 2. The van der Waals surface area contributed by atoms with Crippen LogP contribution in [0.4, 0.5) is 11.4 Å². The highest BCUT2D eigenvalue weighted by atomic mass is 35.5. The third-order valence-corrected chi connectivity index (χ3v) is 8.75. The molecule has 4 rings (SSSR count). The molecule has 268 valence electrons. The molecule has 0 bridgehead atoms. The van der Waals surface area contributed by atoms with Gasteiger partial charge in [-0.25, -0.2) is 0 Å². The predicted octanol–water partition coefficient (Wildman–Crippen LogP) is 0.801. The van der Waals surface area contributed by atoms with Crippen LogP contribution in [0.3, 0.4) is 0 Å². The number of phenolic OH excluding ortho intramolecular Hbond substituents is 1. The highest BCUT2D eigenvalue weighted by Crippen LogP contribution is 2.54. The normalized spacial score (nSPS) is 23.2. The fraction of sp³-hybridized carbons (Fsp3) is 0.548. The van der Waals surface area contributed by atoms with E-state index in [1.807, 2.05) is 13.8 Å². The number of primary amides is 1. The summed E-state index contributed by atoms with van der Waals surface area (Å²) in [6.45, 7) is 4.55. The predicted molar refractivity (Wildman–Crippen MR) is 182 cm³/mol. The Morgan fingerprint density at radius 1 is 1.08 bits per heavy atom. The zero-order valence-electron chi connectivity index (χ0n) is 27.7. The van der Waals surface area contributed by atoms with Gasteiger partial charge in [-0.15, -0.1) is 24.8 Å². The third-order valence-electron chi connectivity index (χ3n) is 8.75. The Balaban J connectivity index is 0.00000400. The molecular weight excluding hydrogens is 673 g/mol. The van der Waals surface area contributed by atoms with Crippen molar-refractivity contribution in [3.63, 3.8) is 0 Å². The van der Waals surface area contributed by atoms with Crippen LogP contribution < -0.4 is 21.3 Å². The molecule has 1 saturated carbocycles. The number of aliphatic hydroxyl groups is 3. The number of amides is 2. The van der Waals surface area contributed by atoms with E-state index in [9.17, 15) is 39.6 Å². The first-order valence-corrected chi connectivity index (χ1v) is 15.1. The molecule has 1 aromatic rings. The molecule has 17 heteroatoms. The maximum Gasteiger partial charge on any atom is 0.255 e. The van der Waals surface area contributed by atoms with Gasteiger partial charge in [0.2, 0.25) is 11.7 Å². The summed E-state index contributed by atoms with van der Waals surface area (Å²) in [6.07, 6.45) is -0.474. The number of halogens is 2. The molecule has 4 atom stereocenters. The number of hydrogen-bond acceptors (Lipinski definition) is 13. The molecule has 0 heterocycles. The first-order chi connectivity index (χ1) is 21.6. The lowest BCUT2D eigenvalue weighted by Gasteiger charge is -2.50. The van der Waals surface area contributed by atoms with Crippen LogP contribution in [0.1, 0.15) is 31.4 Å². The monoisotopic (exact) mass is 717 g/mol. The molecule has 3 aliphatic rings. The van der Waals surface area contributed by atoms with E-state index in [1.165, 1.54) is 19.0 Å². The third kappa shape index (κ3) is 6.99. The maximum atomic E-state index is 14.1. The minimum atomic E-state index is -2.75. The average molecular weight is 719 g/mol. The number of ketones is 2. The highest BCUT2D eigenvalue weighted by molar-refractivity contribution is 6.24. The number of Topliss-reactive ketones (excluding diaryl/α,β-unsaturated/α-hetero) is 2. The molecule has 1 aromatic carbocycles. The van der Waals surface area contributed by atoms with Crippen molar-refractivity contribution in [3.8, 4) is 5.75 Å². The van der Waals surface area contributed by atoms with Gasteiger partial charge in [-0.05, 0) is 58.3 Å². The van der Waals surface area contributed by atoms with Gasteiger partial charge in [0.1, 0.15) is 22.8 Å². The van der Waals surface area contributed by atoms with Gasteiger partial charge >= 0.3 is 0 Å². The topological polar surface area (TPSA) is 224 Å². The van der Waals surface area contributed by atoms with Crippen molar-refractivity contribution in [2.45, 2.75) is 44.6 Å². The molecule has 15 nitrogen and oxygen atoms in total. The number of benzene rings is 1. The molecule has 0 spiro atoms. The van der Waals surface area contributed by atoms with Crippen molar-refractivity contribution >= 4 is 65.3 Å². The Kier molecular flexibility index (Phi) is 13.4. The van der Waals surface area contributed by atoms with Gasteiger partial charge in [-0.1, -0.05) is 0 Å². The number of phenols is 1. The van der Waals surface area contributed by atoms with E-state index in [0.29, 0.717) is 24.5 Å². The van der Waals surface area contributed by atoms with Gasteiger partial charge in [-0.3, -0.25) is 24.1 Å². The van der Waals surface area contributed by atoms with Crippen LogP contribution in [0.15, 0.2) is 23.0 Å². The van der Waals surface area contributed by atoms with E-state index >= 15 is 0 Å². The minimum Gasteiger partial charge on any atom is -0.508 e. The number of anilines is 2.